The van der Waals surface area contributed by atoms with Gasteiger partial charge in [-0.2, -0.15) is 15.8 Å². The largest absolute Gasteiger partial charge is 0.197 e. The van der Waals surface area contributed by atoms with Crippen LogP contribution in [0, 0.1) is 52.3 Å². The molecular weight excluding hydrogens is 718 g/mol. The third-order valence-corrected chi connectivity index (χ3v) is 11.5. The topological polar surface area (TPSA) is 71.4 Å². The summed E-state index contributed by atoms with van der Waals surface area (Å²) in [5.41, 5.74) is 7.71. The van der Waals surface area contributed by atoms with Crippen molar-refractivity contribution in [2.75, 3.05) is 0 Å². The molecule has 0 saturated carbocycles. The van der Waals surface area contributed by atoms with E-state index < -0.39 is 5.92 Å². The van der Waals surface area contributed by atoms with Crippen molar-refractivity contribution in [1.29, 1.82) is 15.8 Å². The molecule has 48 heavy (non-hydrogen) atoms. The van der Waals surface area contributed by atoms with Crippen molar-refractivity contribution in [1.82, 2.24) is 0 Å². The lowest BCUT2D eigenvalue weighted by atomic mass is 9.78. The van der Waals surface area contributed by atoms with Crippen LogP contribution in [0.5, 0.6) is 0 Å². The summed E-state index contributed by atoms with van der Waals surface area (Å²) >= 11 is 7.61. The minimum absolute atomic E-state index is 0.141. The fourth-order valence-electron chi connectivity index (χ4n) is 7.59. The molecule has 3 rings (SSSR count). The van der Waals surface area contributed by atoms with Gasteiger partial charge in [0, 0.05) is 20.5 Å². The van der Waals surface area contributed by atoms with Crippen LogP contribution in [0.25, 0.3) is 17.7 Å². The van der Waals surface area contributed by atoms with Gasteiger partial charge in [-0.05, 0) is 71.2 Å². The van der Waals surface area contributed by atoms with Crippen LogP contribution in [0.2, 0.25) is 0 Å². The Hall–Kier alpha value is -2.57. The zero-order chi connectivity index (χ0) is 34.7. The first-order valence-corrected chi connectivity index (χ1v) is 20.4. The van der Waals surface area contributed by atoms with Crippen molar-refractivity contribution < 1.29 is 0 Å². The van der Waals surface area contributed by atoms with E-state index in [1.54, 1.807) is 0 Å². The number of fused-ring (bicyclic) bond motifs is 2. The molecule has 2 aliphatic rings. The van der Waals surface area contributed by atoms with E-state index in [1.807, 2.05) is 0 Å². The molecule has 2 aliphatic carbocycles. The molecule has 1 aromatic rings. The van der Waals surface area contributed by atoms with E-state index in [-0.39, 0.29) is 11.5 Å². The van der Waals surface area contributed by atoms with Gasteiger partial charge in [0.25, 0.3) is 0 Å². The Morgan fingerprint density at radius 2 is 1.12 bits per heavy atom. The molecule has 2 unspecified atom stereocenters. The summed E-state index contributed by atoms with van der Waals surface area (Å²) in [6.07, 6.45) is 37.3. The quantitative estimate of drug-likeness (QED) is 0.0632. The SMILES string of the molecule is C#CC(C#N)C1C(Br)=Cc2c(CCCCCCCCCCCC)c3c(c(CCCCCCCCCCCC)c21)C=C(Br)C3=C(C#N)C#N. The van der Waals surface area contributed by atoms with Crippen molar-refractivity contribution in [2.24, 2.45) is 5.92 Å². The molecule has 1 aromatic carbocycles. The van der Waals surface area contributed by atoms with E-state index in [4.69, 9.17) is 6.42 Å². The van der Waals surface area contributed by atoms with Gasteiger partial charge in [0.2, 0.25) is 0 Å². The van der Waals surface area contributed by atoms with Crippen LogP contribution in [-0.4, -0.2) is 0 Å². The summed E-state index contributed by atoms with van der Waals surface area (Å²) in [6, 6.07) is 6.77. The van der Waals surface area contributed by atoms with Crippen LogP contribution in [-0.2, 0) is 12.8 Å². The van der Waals surface area contributed by atoms with E-state index in [0.29, 0.717) is 5.57 Å². The lowest BCUT2D eigenvalue weighted by Crippen LogP contribution is -2.14. The molecule has 0 aromatic heterocycles. The second kappa shape index (κ2) is 22.2. The summed E-state index contributed by atoms with van der Waals surface area (Å²) in [5.74, 6) is 1.99. The number of hydrogen-bond acceptors (Lipinski definition) is 3. The van der Waals surface area contributed by atoms with Crippen LogP contribution in [0.1, 0.15) is 182 Å². The molecular formula is C43H55Br2N3. The lowest BCUT2D eigenvalue weighted by Gasteiger charge is -2.25. The average molecular weight is 774 g/mol. The van der Waals surface area contributed by atoms with Crippen LogP contribution < -0.4 is 0 Å². The Bertz CT molecular complexity index is 1450. The van der Waals surface area contributed by atoms with Gasteiger partial charge in [-0.25, -0.2) is 0 Å². The molecule has 5 heteroatoms. The first kappa shape index (κ1) is 39.9. The molecule has 3 nitrogen and oxygen atoms in total. The van der Waals surface area contributed by atoms with Crippen LogP contribution in [0.3, 0.4) is 0 Å². The average Bonchev–Trinajstić information content (AvgIpc) is 3.61. The van der Waals surface area contributed by atoms with E-state index in [1.165, 1.54) is 119 Å². The van der Waals surface area contributed by atoms with Gasteiger partial charge >= 0.3 is 0 Å². The zero-order valence-electron chi connectivity index (χ0n) is 29.5. The zero-order valence-corrected chi connectivity index (χ0v) is 32.7. The highest BCUT2D eigenvalue weighted by atomic mass is 79.9. The van der Waals surface area contributed by atoms with Crippen molar-refractivity contribution in [2.45, 2.75) is 161 Å². The molecule has 0 fully saturated rings. The van der Waals surface area contributed by atoms with Crippen LogP contribution in [0.4, 0.5) is 0 Å². The molecule has 0 aliphatic heterocycles. The first-order chi connectivity index (χ1) is 23.5. The molecule has 0 N–H and O–H groups in total. The third kappa shape index (κ3) is 10.7. The smallest absolute Gasteiger partial charge is 0.138 e. The lowest BCUT2D eigenvalue weighted by molar-refractivity contribution is 0.555. The van der Waals surface area contributed by atoms with E-state index in [9.17, 15) is 15.8 Å². The van der Waals surface area contributed by atoms with Crippen molar-refractivity contribution in [3.05, 3.63) is 47.9 Å². The maximum Gasteiger partial charge on any atom is 0.138 e. The number of benzene rings is 1. The van der Waals surface area contributed by atoms with Crippen molar-refractivity contribution in [3.8, 4) is 30.6 Å². The standard InChI is InChI=1S/C43H55Br2N3/c1-4-7-9-11-13-15-17-19-21-23-25-34-37-28-39(45)41(33(30-47)31-48)43(37)35(26-24-22-20-18-16-14-12-10-8-5-2)36-27-38(44)40(42(34)36)32(6-3)29-46/h3,27-28,32,40H,4-5,7-26H2,1-2H3. The number of terminal acetylenes is 1. The number of nitrogens with zero attached hydrogens (tertiary/aromatic N) is 3. The van der Waals surface area contributed by atoms with Crippen LogP contribution >= 0.6 is 31.9 Å². The minimum Gasteiger partial charge on any atom is -0.197 e. The molecule has 0 spiro atoms. The Labute approximate surface area is 309 Å². The predicted octanol–water partition coefficient (Wildman–Crippen LogP) is 13.8. The van der Waals surface area contributed by atoms with Gasteiger partial charge < -0.3 is 0 Å². The fraction of sp³-hybridized carbons (Fsp3) is 0.605. The molecule has 0 radical (unpaired) electrons. The summed E-state index contributed by atoms with van der Waals surface area (Å²) in [6.45, 7) is 4.52. The second-order valence-corrected chi connectivity index (χ2v) is 15.5. The van der Waals surface area contributed by atoms with Gasteiger partial charge in [0.05, 0.1) is 6.07 Å². The van der Waals surface area contributed by atoms with Gasteiger partial charge in [-0.15, -0.1) is 6.42 Å². The number of halogens is 2. The minimum atomic E-state index is -0.579. The van der Waals surface area contributed by atoms with Gasteiger partial charge in [0.1, 0.15) is 23.6 Å². The highest BCUT2D eigenvalue weighted by molar-refractivity contribution is 9.12. The maximum atomic E-state index is 10.1. The fourth-order valence-corrected chi connectivity index (χ4v) is 8.94. The third-order valence-electron chi connectivity index (χ3n) is 10.2. The Morgan fingerprint density at radius 3 is 1.56 bits per heavy atom. The molecule has 0 saturated heterocycles. The van der Waals surface area contributed by atoms with Crippen LogP contribution in [0.15, 0.2) is 14.5 Å². The van der Waals surface area contributed by atoms with E-state index >= 15 is 0 Å². The number of nitriles is 3. The number of rotatable bonds is 23. The molecule has 2 atom stereocenters. The first-order valence-electron chi connectivity index (χ1n) is 18.9. The Kier molecular flexibility index (Phi) is 18.4. The summed E-state index contributed by atoms with van der Waals surface area (Å²) < 4.78 is 1.75. The molecule has 256 valence electrons. The normalized spacial score (nSPS) is 15.1. The molecule has 0 amide bonds. The van der Waals surface area contributed by atoms with Gasteiger partial charge in [0.15, 0.2) is 0 Å². The molecule has 0 bridgehead atoms. The Balaban J connectivity index is 1.90. The van der Waals surface area contributed by atoms with Crippen molar-refractivity contribution >= 4 is 49.6 Å². The predicted molar refractivity (Wildman–Crippen MR) is 210 cm³/mol. The molecule has 0 heterocycles. The van der Waals surface area contributed by atoms with E-state index in [0.717, 1.165) is 64.2 Å². The van der Waals surface area contributed by atoms with E-state index in [2.05, 4.69) is 82.0 Å². The van der Waals surface area contributed by atoms with Crippen molar-refractivity contribution in [3.63, 3.8) is 0 Å². The second-order valence-electron chi connectivity index (χ2n) is 13.7. The number of hydrogen-bond donors (Lipinski definition) is 0. The highest BCUT2D eigenvalue weighted by Crippen LogP contribution is 2.54. The number of unbranched alkanes of at least 4 members (excludes halogenated alkanes) is 18. The number of allylic oxidation sites excluding steroid dienone is 4. The van der Waals surface area contributed by atoms with Gasteiger partial charge in [-0.1, -0.05) is 167 Å². The summed E-state index contributed by atoms with van der Waals surface area (Å²) in [4.78, 5) is 0. The summed E-state index contributed by atoms with van der Waals surface area (Å²) in [5, 5.41) is 30.2. The summed E-state index contributed by atoms with van der Waals surface area (Å²) in [7, 11) is 0. The Morgan fingerprint density at radius 1 is 0.667 bits per heavy atom. The maximum absolute atomic E-state index is 10.1. The highest BCUT2D eigenvalue weighted by Gasteiger charge is 2.38. The monoisotopic (exact) mass is 771 g/mol. The van der Waals surface area contributed by atoms with Gasteiger partial charge in [-0.3, -0.25) is 0 Å².